The summed E-state index contributed by atoms with van der Waals surface area (Å²) < 4.78 is 39.6. The molecular formula is C13H16F3N5. The number of hydrogen-bond donors (Lipinski definition) is 1. The van der Waals surface area contributed by atoms with E-state index in [0.29, 0.717) is 24.5 Å². The van der Waals surface area contributed by atoms with Gasteiger partial charge in [-0.15, -0.1) is 5.10 Å². The van der Waals surface area contributed by atoms with Gasteiger partial charge in [0, 0.05) is 13.0 Å². The molecule has 5 nitrogen and oxygen atoms in total. The summed E-state index contributed by atoms with van der Waals surface area (Å²) in [5, 5.41) is 11.3. The zero-order valence-corrected chi connectivity index (χ0v) is 11.3. The second-order valence-corrected chi connectivity index (χ2v) is 4.69. The van der Waals surface area contributed by atoms with E-state index >= 15 is 0 Å². The second-order valence-electron chi connectivity index (χ2n) is 4.69. The van der Waals surface area contributed by atoms with Gasteiger partial charge in [0.15, 0.2) is 5.82 Å². The number of benzene rings is 1. The summed E-state index contributed by atoms with van der Waals surface area (Å²) in [6, 6.07) is 5.20. The van der Waals surface area contributed by atoms with Gasteiger partial charge in [0.25, 0.3) is 0 Å². The van der Waals surface area contributed by atoms with Gasteiger partial charge < -0.3 is 5.73 Å². The van der Waals surface area contributed by atoms with Crippen molar-refractivity contribution < 1.29 is 13.2 Å². The van der Waals surface area contributed by atoms with E-state index in [2.05, 4.69) is 15.5 Å². The molecule has 0 aliphatic heterocycles. The van der Waals surface area contributed by atoms with Gasteiger partial charge in [-0.05, 0) is 41.4 Å². The Kier molecular flexibility index (Phi) is 4.89. The Bertz CT molecular complexity index is 579. The SMILES string of the molecule is NCCCCn1nnnc1Cc1cccc(C(F)(F)F)c1. The molecule has 0 fully saturated rings. The maximum absolute atomic E-state index is 12.7. The molecule has 1 aromatic heterocycles. The van der Waals surface area contributed by atoms with Crippen LogP contribution in [-0.2, 0) is 19.1 Å². The normalized spacial score (nSPS) is 11.8. The fraction of sp³-hybridized carbons (Fsp3) is 0.462. The lowest BCUT2D eigenvalue weighted by atomic mass is 10.1. The zero-order chi connectivity index (χ0) is 15.3. The standard InChI is InChI=1S/C13H16F3N5/c14-13(15,16)11-5-3-4-10(8-11)9-12-18-19-20-21(12)7-2-1-6-17/h3-5,8H,1-2,6-7,9,17H2. The van der Waals surface area contributed by atoms with Gasteiger partial charge >= 0.3 is 6.18 Å². The minimum Gasteiger partial charge on any atom is -0.330 e. The third-order valence-corrected chi connectivity index (χ3v) is 3.05. The van der Waals surface area contributed by atoms with Crippen LogP contribution in [0.1, 0.15) is 29.8 Å². The molecular weight excluding hydrogens is 283 g/mol. The smallest absolute Gasteiger partial charge is 0.330 e. The number of nitrogens with two attached hydrogens (primary N) is 1. The van der Waals surface area contributed by atoms with Crippen LogP contribution in [-0.4, -0.2) is 26.8 Å². The topological polar surface area (TPSA) is 69.6 Å². The Balaban J connectivity index is 2.10. The van der Waals surface area contributed by atoms with Gasteiger partial charge in [0.1, 0.15) is 0 Å². The van der Waals surface area contributed by atoms with Crippen molar-refractivity contribution in [2.75, 3.05) is 6.54 Å². The van der Waals surface area contributed by atoms with Crippen LogP contribution < -0.4 is 5.73 Å². The van der Waals surface area contributed by atoms with Crippen LogP contribution in [0.3, 0.4) is 0 Å². The summed E-state index contributed by atoms with van der Waals surface area (Å²) >= 11 is 0. The maximum Gasteiger partial charge on any atom is 0.416 e. The van der Waals surface area contributed by atoms with E-state index in [-0.39, 0.29) is 6.42 Å². The van der Waals surface area contributed by atoms with Gasteiger partial charge in [-0.1, -0.05) is 18.2 Å². The molecule has 21 heavy (non-hydrogen) atoms. The van der Waals surface area contributed by atoms with Crippen molar-refractivity contribution >= 4 is 0 Å². The first-order valence-electron chi connectivity index (χ1n) is 6.62. The highest BCUT2D eigenvalue weighted by molar-refractivity contribution is 5.27. The average molecular weight is 299 g/mol. The molecule has 0 saturated carbocycles. The molecule has 1 heterocycles. The number of alkyl halides is 3. The number of tetrazole rings is 1. The lowest BCUT2D eigenvalue weighted by Crippen LogP contribution is -2.09. The Morgan fingerprint density at radius 2 is 2.00 bits per heavy atom. The largest absolute Gasteiger partial charge is 0.416 e. The van der Waals surface area contributed by atoms with E-state index in [4.69, 9.17) is 5.73 Å². The predicted octanol–water partition coefficient (Wildman–Crippen LogP) is 2.02. The van der Waals surface area contributed by atoms with Gasteiger partial charge in [0.2, 0.25) is 0 Å². The molecule has 0 atom stereocenters. The number of aromatic nitrogens is 4. The summed E-state index contributed by atoms with van der Waals surface area (Å²) in [6.07, 6.45) is -2.40. The summed E-state index contributed by atoms with van der Waals surface area (Å²) in [7, 11) is 0. The average Bonchev–Trinajstić information content (AvgIpc) is 2.86. The van der Waals surface area contributed by atoms with Gasteiger partial charge in [-0.25, -0.2) is 4.68 Å². The quantitative estimate of drug-likeness (QED) is 0.829. The molecule has 0 spiro atoms. The first-order chi connectivity index (χ1) is 10.0. The fourth-order valence-electron chi connectivity index (χ4n) is 1.97. The zero-order valence-electron chi connectivity index (χ0n) is 11.3. The molecule has 1 aromatic carbocycles. The number of halogens is 3. The monoisotopic (exact) mass is 299 g/mol. The molecule has 2 N–H and O–H groups in total. The maximum atomic E-state index is 12.7. The predicted molar refractivity (Wildman–Crippen MR) is 70.4 cm³/mol. The first kappa shape index (κ1) is 15.4. The van der Waals surface area contributed by atoms with Crippen LogP contribution in [0.25, 0.3) is 0 Å². The van der Waals surface area contributed by atoms with Crippen molar-refractivity contribution in [2.24, 2.45) is 5.73 Å². The van der Waals surface area contributed by atoms with Crippen LogP contribution in [0, 0.1) is 0 Å². The first-order valence-corrected chi connectivity index (χ1v) is 6.62. The van der Waals surface area contributed by atoms with Crippen LogP contribution in [0.2, 0.25) is 0 Å². The van der Waals surface area contributed by atoms with Crippen molar-refractivity contribution in [3.63, 3.8) is 0 Å². The minimum absolute atomic E-state index is 0.263. The highest BCUT2D eigenvalue weighted by atomic mass is 19.4. The molecule has 0 saturated heterocycles. The second kappa shape index (κ2) is 6.66. The van der Waals surface area contributed by atoms with E-state index in [1.807, 2.05) is 0 Å². The Morgan fingerprint density at radius 1 is 1.19 bits per heavy atom. The number of unbranched alkanes of at least 4 members (excludes halogenated alkanes) is 1. The molecule has 2 aromatic rings. The van der Waals surface area contributed by atoms with Crippen LogP contribution in [0.5, 0.6) is 0 Å². The minimum atomic E-state index is -4.34. The van der Waals surface area contributed by atoms with Gasteiger partial charge in [-0.2, -0.15) is 13.2 Å². The number of aryl methyl sites for hydroxylation is 1. The van der Waals surface area contributed by atoms with E-state index in [1.54, 1.807) is 10.7 Å². The summed E-state index contributed by atoms with van der Waals surface area (Å²) in [5.74, 6) is 0.548. The van der Waals surface area contributed by atoms with Gasteiger partial charge in [-0.3, -0.25) is 0 Å². The van der Waals surface area contributed by atoms with E-state index < -0.39 is 11.7 Å². The third kappa shape index (κ3) is 4.25. The summed E-state index contributed by atoms with van der Waals surface area (Å²) in [6.45, 7) is 1.20. The molecule has 0 amide bonds. The van der Waals surface area contributed by atoms with Crippen LogP contribution in [0.15, 0.2) is 24.3 Å². The highest BCUT2D eigenvalue weighted by Crippen LogP contribution is 2.29. The van der Waals surface area contributed by atoms with Crippen molar-refractivity contribution in [1.82, 2.24) is 20.2 Å². The van der Waals surface area contributed by atoms with E-state index in [1.165, 1.54) is 6.07 Å². The molecule has 8 heteroatoms. The van der Waals surface area contributed by atoms with Crippen molar-refractivity contribution in [1.29, 1.82) is 0 Å². The summed E-state index contributed by atoms with van der Waals surface area (Å²) in [5.41, 5.74) is 5.28. The number of hydrogen-bond acceptors (Lipinski definition) is 4. The highest BCUT2D eigenvalue weighted by Gasteiger charge is 2.30. The van der Waals surface area contributed by atoms with Crippen molar-refractivity contribution in [3.8, 4) is 0 Å². The van der Waals surface area contributed by atoms with Crippen LogP contribution >= 0.6 is 0 Å². The van der Waals surface area contributed by atoms with E-state index in [9.17, 15) is 13.2 Å². The lowest BCUT2D eigenvalue weighted by Gasteiger charge is -2.09. The molecule has 0 unspecified atom stereocenters. The Labute approximate surface area is 119 Å². The van der Waals surface area contributed by atoms with Crippen molar-refractivity contribution in [3.05, 3.63) is 41.2 Å². The Hall–Kier alpha value is -1.96. The molecule has 0 aliphatic carbocycles. The fourth-order valence-corrected chi connectivity index (χ4v) is 1.97. The number of nitrogens with zero attached hydrogens (tertiary/aromatic N) is 4. The molecule has 0 bridgehead atoms. The Morgan fingerprint density at radius 3 is 2.71 bits per heavy atom. The van der Waals surface area contributed by atoms with Crippen LogP contribution in [0.4, 0.5) is 13.2 Å². The lowest BCUT2D eigenvalue weighted by molar-refractivity contribution is -0.137. The molecule has 2 rings (SSSR count). The molecule has 0 aliphatic rings. The summed E-state index contributed by atoms with van der Waals surface area (Å²) in [4.78, 5) is 0. The number of rotatable bonds is 6. The third-order valence-electron chi connectivity index (χ3n) is 3.05. The molecule has 0 radical (unpaired) electrons. The molecule has 114 valence electrons. The van der Waals surface area contributed by atoms with E-state index in [0.717, 1.165) is 25.0 Å². The van der Waals surface area contributed by atoms with Crippen molar-refractivity contribution in [2.45, 2.75) is 32.0 Å². The van der Waals surface area contributed by atoms with Gasteiger partial charge in [0.05, 0.1) is 5.56 Å².